The summed E-state index contributed by atoms with van der Waals surface area (Å²) < 4.78 is 39.7. The van der Waals surface area contributed by atoms with Crippen LogP contribution in [0.3, 0.4) is 0 Å². The summed E-state index contributed by atoms with van der Waals surface area (Å²) in [6.07, 6.45) is 0.773. The van der Waals surface area contributed by atoms with Gasteiger partial charge < -0.3 is 0 Å². The van der Waals surface area contributed by atoms with Gasteiger partial charge >= 0.3 is 6.18 Å². The molecule has 0 aromatic carbocycles. The minimum absolute atomic E-state index is 0.304. The van der Waals surface area contributed by atoms with E-state index in [4.69, 9.17) is 0 Å². The summed E-state index contributed by atoms with van der Waals surface area (Å²) in [6.45, 7) is 1.80. The Morgan fingerprint density at radius 1 is 1.14 bits per heavy atom. The molecule has 5 nitrogen and oxygen atoms in total. The molecule has 0 fully saturated rings. The third-order valence-corrected chi connectivity index (χ3v) is 3.58. The molecule has 114 valence electrons. The van der Waals surface area contributed by atoms with Gasteiger partial charge in [-0.25, -0.2) is 19.9 Å². The first-order valence-corrected chi connectivity index (χ1v) is 7.41. The Labute approximate surface area is 127 Å². The van der Waals surface area contributed by atoms with E-state index < -0.39 is 11.9 Å². The van der Waals surface area contributed by atoms with Crippen molar-refractivity contribution in [3.63, 3.8) is 0 Å². The molecule has 0 saturated heterocycles. The minimum atomic E-state index is -4.52. The zero-order valence-electron chi connectivity index (χ0n) is 11.6. The fourth-order valence-electron chi connectivity index (χ4n) is 1.96. The lowest BCUT2D eigenvalue weighted by atomic mass is 10.3. The van der Waals surface area contributed by atoms with Gasteiger partial charge in [0.15, 0.2) is 17.2 Å². The Balaban J connectivity index is 2.21. The third-order valence-electron chi connectivity index (χ3n) is 2.96. The van der Waals surface area contributed by atoms with Gasteiger partial charge in [0.05, 0.1) is 12.4 Å². The van der Waals surface area contributed by atoms with Crippen LogP contribution in [0.2, 0.25) is 0 Å². The molecule has 0 amide bonds. The second kappa shape index (κ2) is 5.24. The lowest BCUT2D eigenvalue weighted by Gasteiger charge is -2.07. The molecule has 0 atom stereocenters. The molecule has 0 bridgehead atoms. The SMILES string of the molecule is CSc1cc(C)nc(-c2cnc3cnc(C(F)(F)F)cn23)n1. The largest absolute Gasteiger partial charge is 0.434 e. The molecule has 3 heterocycles. The fourth-order valence-corrected chi connectivity index (χ4v) is 2.43. The minimum Gasteiger partial charge on any atom is -0.293 e. The predicted molar refractivity (Wildman–Crippen MR) is 75.5 cm³/mol. The molecule has 0 aliphatic rings. The number of hydrogen-bond acceptors (Lipinski definition) is 5. The number of fused-ring (bicyclic) bond motifs is 1. The highest BCUT2D eigenvalue weighted by molar-refractivity contribution is 7.98. The molecule has 3 aromatic heterocycles. The Bertz CT molecular complexity index is 843. The normalized spacial score (nSPS) is 12.0. The van der Waals surface area contributed by atoms with Gasteiger partial charge in [0, 0.05) is 11.9 Å². The van der Waals surface area contributed by atoms with E-state index in [-0.39, 0.29) is 0 Å². The number of aryl methyl sites for hydroxylation is 1. The third kappa shape index (κ3) is 2.63. The van der Waals surface area contributed by atoms with E-state index in [0.717, 1.165) is 23.1 Å². The molecule has 3 aromatic rings. The molecule has 0 spiro atoms. The van der Waals surface area contributed by atoms with Crippen molar-refractivity contribution < 1.29 is 13.2 Å². The van der Waals surface area contributed by atoms with E-state index in [0.29, 0.717) is 17.2 Å². The van der Waals surface area contributed by atoms with E-state index in [9.17, 15) is 13.2 Å². The maximum absolute atomic E-state index is 12.8. The van der Waals surface area contributed by atoms with Crippen molar-refractivity contribution >= 4 is 17.4 Å². The van der Waals surface area contributed by atoms with Crippen LogP contribution in [-0.2, 0) is 6.18 Å². The highest BCUT2D eigenvalue weighted by Crippen LogP contribution is 2.28. The van der Waals surface area contributed by atoms with Crippen molar-refractivity contribution in [2.45, 2.75) is 18.1 Å². The zero-order chi connectivity index (χ0) is 15.9. The summed E-state index contributed by atoms with van der Waals surface area (Å²) >= 11 is 1.43. The van der Waals surface area contributed by atoms with Crippen LogP contribution in [0.5, 0.6) is 0 Å². The average molecular weight is 325 g/mol. The van der Waals surface area contributed by atoms with Crippen LogP contribution >= 0.6 is 11.8 Å². The van der Waals surface area contributed by atoms with Gasteiger partial charge in [-0.15, -0.1) is 11.8 Å². The molecule has 0 aliphatic carbocycles. The van der Waals surface area contributed by atoms with E-state index in [2.05, 4.69) is 19.9 Å². The van der Waals surface area contributed by atoms with Gasteiger partial charge in [-0.1, -0.05) is 0 Å². The van der Waals surface area contributed by atoms with Gasteiger partial charge in [0.2, 0.25) is 0 Å². The summed E-state index contributed by atoms with van der Waals surface area (Å²) in [7, 11) is 0. The average Bonchev–Trinajstić information content (AvgIpc) is 2.88. The molecule has 9 heteroatoms. The van der Waals surface area contributed by atoms with E-state index in [1.54, 1.807) is 13.0 Å². The Morgan fingerprint density at radius 3 is 2.59 bits per heavy atom. The summed E-state index contributed by atoms with van der Waals surface area (Å²) in [4.78, 5) is 16.0. The number of imidazole rings is 1. The van der Waals surface area contributed by atoms with Crippen LogP contribution in [0.4, 0.5) is 13.2 Å². The number of nitrogens with zero attached hydrogens (tertiary/aromatic N) is 5. The standard InChI is InChI=1S/C13H10F3N5S/c1-7-3-11(22-2)20-12(19-7)8-4-18-10-5-17-9(6-21(8)10)13(14,15)16/h3-6H,1-2H3. The predicted octanol–water partition coefficient (Wildman–Crippen LogP) is 3.24. The smallest absolute Gasteiger partial charge is 0.293 e. The molecular weight excluding hydrogens is 315 g/mol. The van der Waals surface area contributed by atoms with Crippen molar-refractivity contribution in [1.82, 2.24) is 24.3 Å². The number of thioether (sulfide) groups is 1. The Morgan fingerprint density at radius 2 is 1.91 bits per heavy atom. The van der Waals surface area contributed by atoms with Crippen molar-refractivity contribution in [3.8, 4) is 11.5 Å². The quantitative estimate of drug-likeness (QED) is 0.535. The van der Waals surface area contributed by atoms with Crippen LogP contribution < -0.4 is 0 Å². The molecule has 0 radical (unpaired) electrons. The van der Waals surface area contributed by atoms with Crippen LogP contribution in [0.15, 0.2) is 29.7 Å². The highest BCUT2D eigenvalue weighted by Gasteiger charge is 2.33. The van der Waals surface area contributed by atoms with E-state index in [1.165, 1.54) is 22.4 Å². The zero-order valence-corrected chi connectivity index (χ0v) is 12.4. The van der Waals surface area contributed by atoms with E-state index in [1.807, 2.05) is 6.26 Å². The van der Waals surface area contributed by atoms with Gasteiger partial charge in [0.1, 0.15) is 10.7 Å². The van der Waals surface area contributed by atoms with Crippen LogP contribution in [0.1, 0.15) is 11.4 Å². The molecule has 0 saturated carbocycles. The molecule has 0 unspecified atom stereocenters. The number of alkyl halides is 3. The van der Waals surface area contributed by atoms with E-state index >= 15 is 0 Å². The lowest BCUT2D eigenvalue weighted by molar-refractivity contribution is -0.141. The molecule has 22 heavy (non-hydrogen) atoms. The maximum Gasteiger partial charge on any atom is 0.434 e. The van der Waals surface area contributed by atoms with Crippen molar-refractivity contribution in [1.29, 1.82) is 0 Å². The van der Waals surface area contributed by atoms with Gasteiger partial charge in [-0.2, -0.15) is 13.2 Å². The second-order valence-electron chi connectivity index (χ2n) is 4.52. The topological polar surface area (TPSA) is 56.0 Å². The van der Waals surface area contributed by atoms with Gasteiger partial charge in [-0.3, -0.25) is 4.40 Å². The molecule has 0 aliphatic heterocycles. The Kier molecular flexibility index (Phi) is 3.51. The van der Waals surface area contributed by atoms with Crippen LogP contribution in [-0.4, -0.2) is 30.6 Å². The first kappa shape index (κ1) is 14.8. The van der Waals surface area contributed by atoms with Crippen molar-refractivity contribution in [2.75, 3.05) is 6.26 Å². The summed E-state index contributed by atoms with van der Waals surface area (Å²) in [5, 5.41) is 0.738. The summed E-state index contributed by atoms with van der Waals surface area (Å²) in [6, 6.07) is 1.81. The highest BCUT2D eigenvalue weighted by atomic mass is 32.2. The number of hydrogen-bond donors (Lipinski definition) is 0. The first-order valence-electron chi connectivity index (χ1n) is 6.19. The van der Waals surface area contributed by atoms with Gasteiger partial charge in [-0.05, 0) is 19.2 Å². The van der Waals surface area contributed by atoms with Gasteiger partial charge in [0.25, 0.3) is 0 Å². The van der Waals surface area contributed by atoms with Crippen LogP contribution in [0.25, 0.3) is 17.2 Å². The Hall–Kier alpha value is -2.16. The number of aromatic nitrogens is 5. The monoisotopic (exact) mass is 325 g/mol. The summed E-state index contributed by atoms with van der Waals surface area (Å²) in [5.41, 5.74) is 0.437. The molecule has 3 rings (SSSR count). The summed E-state index contributed by atoms with van der Waals surface area (Å²) in [5.74, 6) is 0.330. The first-order chi connectivity index (χ1) is 10.4. The van der Waals surface area contributed by atoms with Crippen LogP contribution in [0, 0.1) is 6.92 Å². The number of halogens is 3. The maximum atomic E-state index is 12.8. The second-order valence-corrected chi connectivity index (χ2v) is 5.34. The lowest BCUT2D eigenvalue weighted by Crippen LogP contribution is -2.09. The molecule has 0 N–H and O–H groups in total. The van der Waals surface area contributed by atoms with Crippen molar-refractivity contribution in [3.05, 3.63) is 36.0 Å². The number of rotatable bonds is 2. The molecular formula is C13H10F3N5S. The fraction of sp³-hybridized carbons (Fsp3) is 0.231. The van der Waals surface area contributed by atoms with Crippen molar-refractivity contribution in [2.24, 2.45) is 0 Å².